The van der Waals surface area contributed by atoms with E-state index in [0.29, 0.717) is 0 Å². The second kappa shape index (κ2) is 17.5. The Kier molecular flexibility index (Phi) is 134. The molecule has 0 N–H and O–H groups in total. The monoisotopic (exact) mass is 275 g/mol. The van der Waals surface area contributed by atoms with Crippen LogP contribution in [0.3, 0.4) is 0 Å². The van der Waals surface area contributed by atoms with Gasteiger partial charge in [-0.15, -0.1) is 0 Å². The zero-order valence-electron chi connectivity index (χ0n) is 1.86. The first-order valence-electron chi connectivity index (χ1n) is 0. The molecule has 0 saturated heterocycles. The van der Waals surface area contributed by atoms with Crippen LogP contribution in [-0.2, 0) is 80.6 Å². The Morgan fingerprint density at radius 1 is 1.00 bits per heavy atom. The van der Waals surface area contributed by atoms with Gasteiger partial charge in [-0.1, -0.05) is 0 Å². The van der Waals surface area contributed by atoms with Crippen molar-refractivity contribution in [3.8, 4) is 0 Å². The molecular weight excluding hydrogens is 277 g/mol. The zero-order chi connectivity index (χ0) is 0. The number of rotatable bonds is 0. The molecule has 0 aromatic rings. The van der Waals surface area contributed by atoms with Gasteiger partial charge in [-0.3, -0.25) is 0 Å². The smallest absolute Gasteiger partial charge is 0 e. The fraction of sp³-hybridized carbons (Fsp3) is 0. The average molecular weight is 277 g/mol. The summed E-state index contributed by atoms with van der Waals surface area (Å²) in [4.78, 5) is 0. The molecular formula is AgFeTiZn. The standard InChI is InChI=1S/Ag.Fe.Ti.Zn. The molecule has 0 atom stereocenters. The van der Waals surface area contributed by atoms with Crippen LogP contribution in [0.4, 0.5) is 0 Å². The number of hydrogen-bond donors (Lipinski definition) is 0. The molecule has 0 aromatic heterocycles. The van der Waals surface area contributed by atoms with Crippen LogP contribution in [0, 0.1) is 0 Å². The Labute approximate surface area is 79.5 Å². The van der Waals surface area contributed by atoms with Crippen LogP contribution < -0.4 is 0 Å². The minimum absolute atomic E-state index is 0. The second-order valence-corrected chi connectivity index (χ2v) is 0. The van der Waals surface area contributed by atoms with Crippen LogP contribution in [0.25, 0.3) is 0 Å². The Hall–Kier alpha value is 2.60. The van der Waals surface area contributed by atoms with Gasteiger partial charge in [0.2, 0.25) is 0 Å². The Morgan fingerprint density at radius 2 is 1.00 bits per heavy atom. The first kappa shape index (κ1) is 30.6. The largest absolute Gasteiger partial charge is 0 e. The molecule has 25 valence electrons. The van der Waals surface area contributed by atoms with E-state index >= 15 is 0 Å². The van der Waals surface area contributed by atoms with Crippen LogP contribution in [0.2, 0.25) is 0 Å². The maximum atomic E-state index is 0. The first-order chi connectivity index (χ1) is 0. The summed E-state index contributed by atoms with van der Waals surface area (Å²) in [5.41, 5.74) is 0. The quantitative estimate of drug-likeness (QED) is 0.546. The summed E-state index contributed by atoms with van der Waals surface area (Å²) < 4.78 is 0. The average Bonchev–Trinajstić information content (AvgIpc) is 0. The normalized spacial score (nSPS) is 0. The van der Waals surface area contributed by atoms with Gasteiger partial charge in [0.25, 0.3) is 0 Å². The third-order valence-electron chi connectivity index (χ3n) is 0. The van der Waals surface area contributed by atoms with E-state index in [4.69, 9.17) is 0 Å². The Bertz CT molecular complexity index is 8.00. The molecule has 0 heterocycles. The molecule has 0 bridgehead atoms. The SMILES string of the molecule is [Ag].[Fe].[Ti].[Zn]. The molecule has 4 heteroatoms. The molecule has 0 aliphatic carbocycles. The van der Waals surface area contributed by atoms with Gasteiger partial charge < -0.3 is 0 Å². The van der Waals surface area contributed by atoms with Crippen LogP contribution in [-0.4, -0.2) is 0 Å². The first-order valence-corrected chi connectivity index (χ1v) is 0. The summed E-state index contributed by atoms with van der Waals surface area (Å²) >= 11 is 0. The van der Waals surface area contributed by atoms with Crippen LogP contribution in [0.15, 0.2) is 0 Å². The third kappa shape index (κ3) is 8.82. The molecule has 0 aliphatic heterocycles. The van der Waals surface area contributed by atoms with Crippen molar-refractivity contribution in [2.45, 2.75) is 0 Å². The Balaban J connectivity index is 0. The van der Waals surface area contributed by atoms with E-state index < -0.39 is 0 Å². The molecule has 1 radical (unpaired) electrons. The summed E-state index contributed by atoms with van der Waals surface area (Å²) in [6, 6.07) is 0. The topological polar surface area (TPSA) is 0 Å². The van der Waals surface area contributed by atoms with Gasteiger partial charge in [-0.2, -0.15) is 0 Å². The van der Waals surface area contributed by atoms with Gasteiger partial charge in [0, 0.05) is 80.6 Å². The molecule has 0 saturated carbocycles. The summed E-state index contributed by atoms with van der Waals surface area (Å²) in [6.07, 6.45) is 0. The van der Waals surface area contributed by atoms with E-state index in [2.05, 4.69) is 0 Å². The van der Waals surface area contributed by atoms with Gasteiger partial charge in [0.1, 0.15) is 0 Å². The molecule has 0 spiro atoms. The summed E-state index contributed by atoms with van der Waals surface area (Å²) in [7, 11) is 0. The van der Waals surface area contributed by atoms with Crippen molar-refractivity contribution in [1.82, 2.24) is 0 Å². The van der Waals surface area contributed by atoms with Crippen molar-refractivity contribution >= 4 is 0 Å². The van der Waals surface area contributed by atoms with Crippen molar-refractivity contribution in [2.24, 2.45) is 0 Å². The van der Waals surface area contributed by atoms with Gasteiger partial charge in [0.05, 0.1) is 0 Å². The zero-order valence-corrected chi connectivity index (χ0v) is 8.98. The molecule has 0 fully saturated rings. The summed E-state index contributed by atoms with van der Waals surface area (Å²) in [5, 5.41) is 0. The van der Waals surface area contributed by atoms with Crippen molar-refractivity contribution in [3.63, 3.8) is 0 Å². The van der Waals surface area contributed by atoms with E-state index in [1.807, 2.05) is 0 Å². The minimum atomic E-state index is 0. The predicted molar refractivity (Wildman–Crippen MR) is 0 cm³/mol. The van der Waals surface area contributed by atoms with Crippen molar-refractivity contribution in [3.05, 3.63) is 0 Å². The van der Waals surface area contributed by atoms with E-state index in [1.165, 1.54) is 0 Å². The third-order valence-corrected chi connectivity index (χ3v) is 0. The van der Waals surface area contributed by atoms with Crippen molar-refractivity contribution in [1.29, 1.82) is 0 Å². The second-order valence-electron chi connectivity index (χ2n) is 0. The fourth-order valence-electron chi connectivity index (χ4n) is 0. The minimum Gasteiger partial charge on any atom is 0 e. The fourth-order valence-corrected chi connectivity index (χ4v) is 0. The molecule has 0 amide bonds. The van der Waals surface area contributed by atoms with E-state index in [-0.39, 0.29) is 80.6 Å². The van der Waals surface area contributed by atoms with Crippen LogP contribution >= 0.6 is 0 Å². The Morgan fingerprint density at radius 3 is 1.00 bits per heavy atom. The summed E-state index contributed by atoms with van der Waals surface area (Å²) in [6.45, 7) is 0. The maximum Gasteiger partial charge on any atom is 0 e. The molecule has 0 aromatic carbocycles. The van der Waals surface area contributed by atoms with E-state index in [0.717, 1.165) is 0 Å². The molecule has 0 aliphatic rings. The van der Waals surface area contributed by atoms with Crippen molar-refractivity contribution < 1.29 is 80.6 Å². The molecule has 4 heavy (non-hydrogen) atoms. The van der Waals surface area contributed by atoms with Crippen LogP contribution in [0.1, 0.15) is 0 Å². The van der Waals surface area contributed by atoms with E-state index in [9.17, 15) is 0 Å². The summed E-state index contributed by atoms with van der Waals surface area (Å²) in [5.74, 6) is 0. The van der Waals surface area contributed by atoms with Crippen LogP contribution in [0.5, 0.6) is 0 Å². The van der Waals surface area contributed by atoms with Gasteiger partial charge in [-0.25, -0.2) is 0 Å². The predicted octanol–water partition coefficient (Wildman–Crippen LogP) is -0.0100. The van der Waals surface area contributed by atoms with Gasteiger partial charge in [-0.05, 0) is 0 Å². The maximum absolute atomic E-state index is 0. The van der Waals surface area contributed by atoms with Gasteiger partial charge in [0.15, 0.2) is 0 Å². The van der Waals surface area contributed by atoms with Crippen molar-refractivity contribution in [2.75, 3.05) is 0 Å². The number of hydrogen-bond acceptors (Lipinski definition) is 0. The molecule has 0 unspecified atom stereocenters. The molecule has 0 rings (SSSR count). The van der Waals surface area contributed by atoms with E-state index in [1.54, 1.807) is 0 Å². The van der Waals surface area contributed by atoms with Gasteiger partial charge >= 0.3 is 0 Å². The molecule has 0 nitrogen and oxygen atoms in total.